The zero-order valence-corrected chi connectivity index (χ0v) is 13.1. The lowest BCUT2D eigenvalue weighted by molar-refractivity contribution is 0.0938. The third kappa shape index (κ3) is 3.45. The van der Waals surface area contributed by atoms with Crippen molar-refractivity contribution in [1.29, 1.82) is 0 Å². The van der Waals surface area contributed by atoms with Gasteiger partial charge in [-0.3, -0.25) is 9.78 Å². The average molecular weight is 306 g/mol. The van der Waals surface area contributed by atoms with Crippen LogP contribution in [-0.4, -0.2) is 20.9 Å². The minimum atomic E-state index is -0.221. The molecule has 23 heavy (non-hydrogen) atoms. The molecule has 2 heterocycles. The van der Waals surface area contributed by atoms with Crippen LogP contribution in [-0.2, 0) is 0 Å². The minimum absolute atomic E-state index is 0.164. The highest BCUT2D eigenvalue weighted by Crippen LogP contribution is 2.18. The second-order valence-electron chi connectivity index (χ2n) is 5.43. The Morgan fingerprint density at radius 2 is 1.87 bits per heavy atom. The number of nitrogens with zero attached hydrogens (tertiary/aromatic N) is 2. The maximum atomic E-state index is 12.2. The van der Waals surface area contributed by atoms with Gasteiger partial charge in [0.25, 0.3) is 5.91 Å². The van der Waals surface area contributed by atoms with Crippen LogP contribution in [0.3, 0.4) is 0 Å². The smallest absolute Gasteiger partial charge is 0.253 e. The molecule has 0 aliphatic carbocycles. The number of aryl methyl sites for hydroxylation is 1. The second kappa shape index (κ2) is 6.44. The predicted octanol–water partition coefficient (Wildman–Crippen LogP) is 3.27. The molecule has 1 atom stereocenters. The first-order chi connectivity index (χ1) is 11.1. The van der Waals surface area contributed by atoms with Crippen LogP contribution in [0.4, 0.5) is 0 Å². The van der Waals surface area contributed by atoms with Crippen molar-refractivity contribution in [3.05, 3.63) is 71.9 Å². The van der Waals surface area contributed by atoms with Crippen LogP contribution < -0.4 is 5.32 Å². The van der Waals surface area contributed by atoms with E-state index in [2.05, 4.69) is 20.3 Å². The topological polar surface area (TPSA) is 70.7 Å². The van der Waals surface area contributed by atoms with Gasteiger partial charge in [0, 0.05) is 11.9 Å². The number of nitrogens with one attached hydrogen (secondary N) is 2. The molecule has 0 radical (unpaired) electrons. The van der Waals surface area contributed by atoms with E-state index >= 15 is 0 Å². The van der Waals surface area contributed by atoms with Gasteiger partial charge in [-0.25, -0.2) is 4.98 Å². The Balaban J connectivity index is 1.71. The molecule has 0 aliphatic heterocycles. The Morgan fingerprint density at radius 3 is 2.57 bits per heavy atom. The van der Waals surface area contributed by atoms with Crippen molar-refractivity contribution >= 4 is 5.91 Å². The van der Waals surface area contributed by atoms with Gasteiger partial charge in [-0.05, 0) is 31.5 Å². The largest absolute Gasteiger partial charge is 0.342 e. The number of pyridine rings is 1. The maximum Gasteiger partial charge on any atom is 0.253 e. The van der Waals surface area contributed by atoms with Crippen LogP contribution in [0.2, 0.25) is 0 Å². The number of hydrogen-bond donors (Lipinski definition) is 2. The van der Waals surface area contributed by atoms with Gasteiger partial charge in [0.05, 0.1) is 23.5 Å². The highest BCUT2D eigenvalue weighted by atomic mass is 16.1. The van der Waals surface area contributed by atoms with Crippen molar-refractivity contribution in [2.24, 2.45) is 0 Å². The van der Waals surface area contributed by atoms with Gasteiger partial charge in [0.1, 0.15) is 5.82 Å². The highest BCUT2D eigenvalue weighted by Gasteiger charge is 2.14. The number of aromatic amines is 1. The van der Waals surface area contributed by atoms with Crippen LogP contribution in [0.15, 0.2) is 54.9 Å². The molecule has 5 nitrogen and oxygen atoms in total. The first kappa shape index (κ1) is 15.0. The van der Waals surface area contributed by atoms with E-state index in [4.69, 9.17) is 0 Å². The normalized spacial score (nSPS) is 11.9. The fourth-order valence-electron chi connectivity index (χ4n) is 2.27. The number of rotatable bonds is 4. The Hall–Kier alpha value is -2.95. The molecule has 1 aromatic carbocycles. The summed E-state index contributed by atoms with van der Waals surface area (Å²) in [5.41, 5.74) is 3.41. The van der Waals surface area contributed by atoms with Gasteiger partial charge in [0.15, 0.2) is 0 Å². The van der Waals surface area contributed by atoms with Crippen LogP contribution in [0.25, 0.3) is 11.3 Å². The number of benzene rings is 1. The van der Waals surface area contributed by atoms with Gasteiger partial charge in [0.2, 0.25) is 0 Å². The van der Waals surface area contributed by atoms with Gasteiger partial charge in [-0.1, -0.05) is 30.3 Å². The molecule has 5 heteroatoms. The zero-order valence-electron chi connectivity index (χ0n) is 13.1. The molecule has 3 rings (SSSR count). The predicted molar refractivity (Wildman–Crippen MR) is 88.9 cm³/mol. The molecular formula is C18H18N4O. The summed E-state index contributed by atoms with van der Waals surface area (Å²) in [6.07, 6.45) is 3.36. The number of aromatic nitrogens is 3. The molecule has 116 valence electrons. The molecule has 2 N–H and O–H groups in total. The Bertz CT molecular complexity index is 793. The number of hydrogen-bond acceptors (Lipinski definition) is 3. The summed E-state index contributed by atoms with van der Waals surface area (Å²) in [5, 5.41) is 2.92. The van der Waals surface area contributed by atoms with Crippen LogP contribution >= 0.6 is 0 Å². The van der Waals surface area contributed by atoms with Crippen molar-refractivity contribution < 1.29 is 4.79 Å². The lowest BCUT2D eigenvalue weighted by atomic mass is 10.2. The Kier molecular flexibility index (Phi) is 4.19. The molecular weight excluding hydrogens is 288 g/mol. The van der Waals surface area contributed by atoms with E-state index in [1.807, 2.05) is 50.2 Å². The van der Waals surface area contributed by atoms with Gasteiger partial charge < -0.3 is 10.3 Å². The highest BCUT2D eigenvalue weighted by molar-refractivity contribution is 5.94. The molecule has 1 unspecified atom stereocenters. The summed E-state index contributed by atoms with van der Waals surface area (Å²) < 4.78 is 0. The summed E-state index contributed by atoms with van der Waals surface area (Å²) in [4.78, 5) is 24.0. The molecule has 0 spiro atoms. The summed E-state index contributed by atoms with van der Waals surface area (Å²) in [6.45, 7) is 3.78. The van der Waals surface area contributed by atoms with E-state index in [-0.39, 0.29) is 11.9 Å². The first-order valence-electron chi connectivity index (χ1n) is 7.47. The number of carbonyl (C=O) groups is 1. The average Bonchev–Trinajstić information content (AvgIpc) is 3.06. The summed E-state index contributed by atoms with van der Waals surface area (Å²) in [7, 11) is 0. The van der Waals surface area contributed by atoms with Gasteiger partial charge in [-0.2, -0.15) is 0 Å². The summed E-state index contributed by atoms with van der Waals surface area (Å²) in [6, 6.07) is 13.3. The van der Waals surface area contributed by atoms with E-state index < -0.39 is 0 Å². The van der Waals surface area contributed by atoms with Crippen LogP contribution in [0.5, 0.6) is 0 Å². The van der Waals surface area contributed by atoms with Gasteiger partial charge in [-0.15, -0.1) is 0 Å². The maximum absolute atomic E-state index is 12.2. The van der Waals surface area contributed by atoms with Crippen molar-refractivity contribution in [3.8, 4) is 11.3 Å². The number of imidazole rings is 1. The fourth-order valence-corrected chi connectivity index (χ4v) is 2.27. The molecule has 0 saturated heterocycles. The van der Waals surface area contributed by atoms with Crippen molar-refractivity contribution in [2.75, 3.05) is 0 Å². The molecule has 1 amide bonds. The van der Waals surface area contributed by atoms with Crippen molar-refractivity contribution in [2.45, 2.75) is 19.9 Å². The molecule has 3 aromatic rings. The SMILES string of the molecule is Cc1ccc(C(=O)NC(C)c2ncc(-c3ccccc3)[nH]2)cn1. The van der Waals surface area contributed by atoms with Gasteiger partial charge >= 0.3 is 0 Å². The number of amides is 1. The molecule has 0 bridgehead atoms. The lowest BCUT2D eigenvalue weighted by Crippen LogP contribution is -2.27. The van der Waals surface area contributed by atoms with Crippen molar-refractivity contribution in [1.82, 2.24) is 20.3 Å². The summed E-state index contributed by atoms with van der Waals surface area (Å²) >= 11 is 0. The van der Waals surface area contributed by atoms with E-state index in [0.29, 0.717) is 5.56 Å². The third-order valence-corrected chi connectivity index (χ3v) is 3.61. The second-order valence-corrected chi connectivity index (χ2v) is 5.43. The number of carbonyl (C=O) groups excluding carboxylic acids is 1. The standard InChI is InChI=1S/C18H18N4O/c1-12-8-9-15(10-19-12)18(23)21-13(2)17-20-11-16(22-17)14-6-4-3-5-7-14/h3-11,13H,1-2H3,(H,20,22)(H,21,23). The number of H-pyrrole nitrogens is 1. The van der Waals surface area contributed by atoms with E-state index in [1.165, 1.54) is 0 Å². The molecule has 0 aliphatic rings. The quantitative estimate of drug-likeness (QED) is 0.777. The van der Waals surface area contributed by atoms with Crippen LogP contribution in [0, 0.1) is 6.92 Å². The lowest BCUT2D eigenvalue weighted by Gasteiger charge is -2.11. The zero-order chi connectivity index (χ0) is 16.2. The van der Waals surface area contributed by atoms with E-state index in [0.717, 1.165) is 22.8 Å². The molecule has 0 fully saturated rings. The third-order valence-electron chi connectivity index (χ3n) is 3.61. The Morgan fingerprint density at radius 1 is 1.09 bits per heavy atom. The van der Waals surface area contributed by atoms with E-state index in [1.54, 1.807) is 18.5 Å². The first-order valence-corrected chi connectivity index (χ1v) is 7.47. The monoisotopic (exact) mass is 306 g/mol. The fraction of sp³-hybridized carbons (Fsp3) is 0.167. The summed E-state index contributed by atoms with van der Waals surface area (Å²) in [5.74, 6) is 0.555. The molecule has 0 saturated carbocycles. The molecule has 2 aromatic heterocycles. The minimum Gasteiger partial charge on any atom is -0.342 e. The van der Waals surface area contributed by atoms with Crippen molar-refractivity contribution in [3.63, 3.8) is 0 Å². The van der Waals surface area contributed by atoms with Crippen LogP contribution in [0.1, 0.15) is 34.8 Å². The van der Waals surface area contributed by atoms with E-state index in [9.17, 15) is 4.79 Å². The Labute approximate surface area is 134 Å².